The van der Waals surface area contributed by atoms with Crippen LogP contribution in [0.4, 0.5) is 17.3 Å². The molecular formula is C24H21N7O2. The first kappa shape index (κ1) is 21.4. The summed E-state index contributed by atoms with van der Waals surface area (Å²) in [4.78, 5) is 20.4. The third-order valence-electron chi connectivity index (χ3n) is 4.62. The van der Waals surface area contributed by atoms with Gasteiger partial charge in [-0.05, 0) is 30.3 Å². The molecule has 0 aliphatic heterocycles. The van der Waals surface area contributed by atoms with Crippen molar-refractivity contribution in [1.82, 2.24) is 15.2 Å². The summed E-state index contributed by atoms with van der Waals surface area (Å²) in [7, 11) is 0. The zero-order chi connectivity index (χ0) is 23.0. The van der Waals surface area contributed by atoms with Gasteiger partial charge in [0.05, 0.1) is 11.3 Å². The minimum absolute atomic E-state index is 0.0330. The lowest BCUT2D eigenvalue weighted by atomic mass is 10.1. The Labute approximate surface area is 190 Å². The topological polar surface area (TPSA) is 141 Å². The highest BCUT2D eigenvalue weighted by atomic mass is 16.5. The van der Waals surface area contributed by atoms with Crippen molar-refractivity contribution in [1.29, 1.82) is 0 Å². The first-order chi connectivity index (χ1) is 16.1. The number of nitrogen functional groups attached to an aromatic ring is 1. The molecule has 0 radical (unpaired) electrons. The minimum Gasteiger partial charge on any atom is -0.457 e. The van der Waals surface area contributed by atoms with Gasteiger partial charge in [-0.25, -0.2) is 9.78 Å². The second kappa shape index (κ2) is 10.0. The lowest BCUT2D eigenvalue weighted by molar-refractivity contribution is 0.0473. The first-order valence-electron chi connectivity index (χ1n) is 10.1. The maximum atomic E-state index is 12.2. The number of aromatic nitrogens is 3. The summed E-state index contributed by atoms with van der Waals surface area (Å²) >= 11 is 0. The van der Waals surface area contributed by atoms with Crippen LogP contribution in [0.25, 0.3) is 11.3 Å². The number of esters is 1. The van der Waals surface area contributed by atoms with E-state index < -0.39 is 5.97 Å². The zero-order valence-corrected chi connectivity index (χ0v) is 17.6. The van der Waals surface area contributed by atoms with Crippen LogP contribution in [0, 0.1) is 0 Å². The average molecular weight is 439 g/mol. The molecule has 164 valence electrons. The molecule has 5 N–H and O–H groups in total. The van der Waals surface area contributed by atoms with Crippen molar-refractivity contribution in [2.75, 3.05) is 11.1 Å². The number of hydrogen-bond acceptors (Lipinski definition) is 7. The fraction of sp³-hybridized carbons (Fsp3) is 0.0417. The Morgan fingerprint density at radius 2 is 1.73 bits per heavy atom. The first-order valence-corrected chi connectivity index (χ1v) is 10.1. The Bertz CT molecular complexity index is 1260. The predicted octanol–water partition coefficient (Wildman–Crippen LogP) is 3.54. The van der Waals surface area contributed by atoms with E-state index in [1.165, 1.54) is 6.20 Å². The Morgan fingerprint density at radius 3 is 2.45 bits per heavy atom. The number of benzene rings is 2. The maximum absolute atomic E-state index is 12.2. The Hall–Kier alpha value is -4.79. The lowest BCUT2D eigenvalue weighted by Gasteiger charge is -2.12. The molecule has 0 aliphatic rings. The summed E-state index contributed by atoms with van der Waals surface area (Å²) in [6, 6.07) is 23.7. The lowest BCUT2D eigenvalue weighted by Crippen LogP contribution is -2.23. The number of carbonyl (C=O) groups excluding carboxylic acids is 1. The fourth-order valence-corrected chi connectivity index (χ4v) is 2.96. The number of guanidine groups is 1. The van der Waals surface area contributed by atoms with Gasteiger partial charge in [0.2, 0.25) is 0 Å². The van der Waals surface area contributed by atoms with E-state index in [1.807, 2.05) is 54.6 Å². The summed E-state index contributed by atoms with van der Waals surface area (Å²) in [5.41, 5.74) is 15.0. The van der Waals surface area contributed by atoms with Crippen LogP contribution in [0.2, 0.25) is 0 Å². The summed E-state index contributed by atoms with van der Waals surface area (Å²) in [6.45, 7) is 0.0330. The van der Waals surface area contributed by atoms with Crippen molar-refractivity contribution in [3.05, 3.63) is 96.2 Å². The molecule has 0 aliphatic carbocycles. The van der Waals surface area contributed by atoms with Gasteiger partial charge in [0.1, 0.15) is 12.4 Å². The minimum atomic E-state index is -0.507. The molecule has 0 fully saturated rings. The molecule has 0 spiro atoms. The van der Waals surface area contributed by atoms with E-state index in [9.17, 15) is 4.79 Å². The second-order valence-corrected chi connectivity index (χ2v) is 6.97. The number of aliphatic imine (C=N–C) groups is 1. The molecule has 9 heteroatoms. The van der Waals surface area contributed by atoms with Crippen molar-refractivity contribution in [2.24, 2.45) is 10.7 Å². The number of pyridine rings is 1. The molecule has 0 saturated carbocycles. The van der Waals surface area contributed by atoms with Crippen molar-refractivity contribution >= 4 is 29.3 Å². The number of ether oxygens (including phenoxy) is 1. The molecule has 0 unspecified atom stereocenters. The normalized spacial score (nSPS) is 11.1. The van der Waals surface area contributed by atoms with Crippen LogP contribution in [0.5, 0.6) is 0 Å². The van der Waals surface area contributed by atoms with Crippen LogP contribution in [0.15, 0.2) is 90.1 Å². The summed E-state index contributed by atoms with van der Waals surface area (Å²) in [5.74, 6) is 0.306. The van der Waals surface area contributed by atoms with Gasteiger partial charge in [0.15, 0.2) is 11.8 Å². The van der Waals surface area contributed by atoms with Crippen LogP contribution in [0.3, 0.4) is 0 Å². The standard InChI is InChI=1S/C24H21N7O2/c25-21-12-10-17(14-27-21)23(32)33-15-18-8-4-5-9-19(18)28-24(26)29-22-13-11-20(30-31-22)16-6-2-1-3-7-16/h1-14H,15H2,(H2,25,27)(H3,26,28,29,31). The van der Waals surface area contributed by atoms with Gasteiger partial charge in [0.25, 0.3) is 0 Å². The fourth-order valence-electron chi connectivity index (χ4n) is 2.96. The van der Waals surface area contributed by atoms with E-state index in [4.69, 9.17) is 16.2 Å². The Balaban J connectivity index is 1.42. The van der Waals surface area contributed by atoms with Gasteiger partial charge in [-0.1, -0.05) is 48.5 Å². The number of hydrogen-bond donors (Lipinski definition) is 3. The monoisotopic (exact) mass is 439 g/mol. The van der Waals surface area contributed by atoms with Crippen molar-refractivity contribution in [2.45, 2.75) is 6.61 Å². The third-order valence-corrected chi connectivity index (χ3v) is 4.62. The van der Waals surface area contributed by atoms with Crippen molar-refractivity contribution in [3.8, 4) is 11.3 Å². The average Bonchev–Trinajstić information content (AvgIpc) is 2.85. The molecule has 4 aromatic rings. The summed E-state index contributed by atoms with van der Waals surface area (Å²) in [6.07, 6.45) is 1.37. The predicted molar refractivity (Wildman–Crippen MR) is 127 cm³/mol. The van der Waals surface area contributed by atoms with E-state index in [1.54, 1.807) is 24.3 Å². The summed E-state index contributed by atoms with van der Waals surface area (Å²) < 4.78 is 5.39. The smallest absolute Gasteiger partial charge is 0.340 e. The molecule has 9 nitrogen and oxygen atoms in total. The van der Waals surface area contributed by atoms with Crippen LogP contribution >= 0.6 is 0 Å². The molecule has 0 bridgehead atoms. The molecule has 2 aromatic heterocycles. The molecular weight excluding hydrogens is 418 g/mol. The highest BCUT2D eigenvalue weighted by Gasteiger charge is 2.10. The van der Waals surface area contributed by atoms with Gasteiger partial charge in [-0.15, -0.1) is 10.2 Å². The second-order valence-electron chi connectivity index (χ2n) is 6.97. The molecule has 0 atom stereocenters. The number of nitrogens with two attached hydrogens (primary N) is 2. The van der Waals surface area contributed by atoms with Gasteiger partial charge < -0.3 is 21.5 Å². The van der Waals surface area contributed by atoms with Crippen LogP contribution in [-0.2, 0) is 11.3 Å². The van der Waals surface area contributed by atoms with Crippen LogP contribution in [0.1, 0.15) is 15.9 Å². The highest BCUT2D eigenvalue weighted by molar-refractivity contribution is 5.94. The van der Waals surface area contributed by atoms with Crippen LogP contribution < -0.4 is 16.8 Å². The third kappa shape index (κ3) is 5.67. The largest absolute Gasteiger partial charge is 0.457 e. The molecule has 0 saturated heterocycles. The molecule has 2 heterocycles. The molecule has 0 amide bonds. The van der Waals surface area contributed by atoms with Gasteiger partial charge in [0, 0.05) is 23.0 Å². The van der Waals surface area contributed by atoms with Crippen molar-refractivity contribution in [3.63, 3.8) is 0 Å². The number of anilines is 2. The van der Waals surface area contributed by atoms with E-state index in [2.05, 4.69) is 25.5 Å². The molecule has 33 heavy (non-hydrogen) atoms. The number of rotatable bonds is 6. The summed E-state index contributed by atoms with van der Waals surface area (Å²) in [5, 5.41) is 11.3. The van der Waals surface area contributed by atoms with Gasteiger partial charge in [-0.2, -0.15) is 4.99 Å². The van der Waals surface area contributed by atoms with E-state index >= 15 is 0 Å². The number of carbonyl (C=O) groups is 1. The maximum Gasteiger partial charge on any atom is 0.340 e. The number of nitrogens with one attached hydrogen (secondary N) is 1. The Morgan fingerprint density at radius 1 is 0.939 bits per heavy atom. The number of para-hydroxylation sites is 1. The highest BCUT2D eigenvalue weighted by Crippen LogP contribution is 2.19. The zero-order valence-electron chi connectivity index (χ0n) is 17.6. The SMILES string of the molecule is NC(=Nc1ccc(-c2ccccc2)nn1)Nc1ccccc1COC(=O)c1ccc(N)nc1. The quantitative estimate of drug-likeness (QED) is 0.235. The van der Waals surface area contributed by atoms with E-state index in [0.29, 0.717) is 22.9 Å². The molecule has 4 rings (SSSR count). The van der Waals surface area contributed by atoms with Crippen molar-refractivity contribution < 1.29 is 9.53 Å². The van der Waals surface area contributed by atoms with Gasteiger partial charge >= 0.3 is 5.97 Å². The van der Waals surface area contributed by atoms with E-state index in [0.717, 1.165) is 16.8 Å². The number of nitrogens with zero attached hydrogens (tertiary/aromatic N) is 4. The molecule has 2 aromatic carbocycles. The van der Waals surface area contributed by atoms with Crippen LogP contribution in [-0.4, -0.2) is 27.1 Å². The van der Waals surface area contributed by atoms with Gasteiger partial charge in [-0.3, -0.25) is 0 Å². The van der Waals surface area contributed by atoms with E-state index in [-0.39, 0.29) is 12.6 Å². The Kier molecular flexibility index (Phi) is 6.51.